The van der Waals surface area contributed by atoms with Crippen LogP contribution >= 0.6 is 23.4 Å². The molecule has 2 N–H and O–H groups in total. The minimum atomic E-state index is -0.670. The molecule has 1 aliphatic heterocycles. The number of hydrogen-bond acceptors (Lipinski definition) is 4. The topological polar surface area (TPSA) is 67.4 Å². The number of halogens is 1. The zero-order valence-electron chi connectivity index (χ0n) is 12.4. The average Bonchev–Trinajstić information content (AvgIpc) is 3.01. The molecule has 7 heteroatoms. The Hall–Kier alpha value is -1.24. The van der Waals surface area contributed by atoms with Crippen LogP contribution in [0.2, 0.25) is 5.02 Å². The number of amides is 2. The van der Waals surface area contributed by atoms with Gasteiger partial charge in [0.25, 0.3) is 0 Å². The summed E-state index contributed by atoms with van der Waals surface area (Å²) in [4.78, 5) is 23.7. The number of benzene rings is 1. The summed E-state index contributed by atoms with van der Waals surface area (Å²) in [6.45, 7) is 0.562. The summed E-state index contributed by atoms with van der Waals surface area (Å²) in [6.07, 6.45) is 0.871. The van der Waals surface area contributed by atoms with E-state index in [-0.39, 0.29) is 12.1 Å². The molecule has 0 spiro atoms. The molecule has 1 saturated heterocycles. The van der Waals surface area contributed by atoms with Gasteiger partial charge >= 0.3 is 11.8 Å². The van der Waals surface area contributed by atoms with E-state index in [0.29, 0.717) is 11.6 Å². The second kappa shape index (κ2) is 7.85. The van der Waals surface area contributed by atoms with Gasteiger partial charge in [-0.05, 0) is 23.8 Å². The van der Waals surface area contributed by atoms with Crippen LogP contribution in [0.25, 0.3) is 0 Å². The first-order valence-corrected chi connectivity index (χ1v) is 8.52. The van der Waals surface area contributed by atoms with Gasteiger partial charge in [0.2, 0.25) is 0 Å². The van der Waals surface area contributed by atoms with Gasteiger partial charge in [-0.2, -0.15) is 11.8 Å². The highest BCUT2D eigenvalue weighted by atomic mass is 35.5. The van der Waals surface area contributed by atoms with Crippen molar-refractivity contribution >= 4 is 35.2 Å². The first kappa shape index (κ1) is 17.1. The van der Waals surface area contributed by atoms with E-state index in [1.54, 1.807) is 31.0 Å². The lowest BCUT2D eigenvalue weighted by Gasteiger charge is -2.26. The minimum Gasteiger partial charge on any atom is -0.376 e. The SMILES string of the molecule is COC1(CNC(=O)C(=O)NCc2ccccc2Cl)CCSC1. The monoisotopic (exact) mass is 342 g/mol. The molecule has 0 bridgehead atoms. The van der Waals surface area contributed by atoms with Crippen molar-refractivity contribution in [2.45, 2.75) is 18.6 Å². The molecule has 0 aromatic heterocycles. The van der Waals surface area contributed by atoms with Crippen molar-refractivity contribution in [1.29, 1.82) is 0 Å². The van der Waals surface area contributed by atoms with E-state index in [4.69, 9.17) is 16.3 Å². The maximum Gasteiger partial charge on any atom is 0.309 e. The molecule has 1 aromatic rings. The second-order valence-corrected chi connectivity index (χ2v) is 6.66. The maximum absolute atomic E-state index is 11.8. The summed E-state index contributed by atoms with van der Waals surface area (Å²) < 4.78 is 5.49. The first-order chi connectivity index (χ1) is 10.6. The number of hydrogen-bond donors (Lipinski definition) is 2. The van der Waals surface area contributed by atoms with Crippen molar-refractivity contribution in [3.8, 4) is 0 Å². The molecule has 2 amide bonds. The molecule has 1 aromatic carbocycles. The van der Waals surface area contributed by atoms with Gasteiger partial charge in [0.15, 0.2) is 0 Å². The van der Waals surface area contributed by atoms with Crippen LogP contribution in [-0.4, -0.2) is 42.6 Å². The molecule has 0 radical (unpaired) electrons. The molecule has 1 atom stereocenters. The highest BCUT2D eigenvalue weighted by Gasteiger charge is 2.35. The van der Waals surface area contributed by atoms with E-state index >= 15 is 0 Å². The van der Waals surface area contributed by atoms with E-state index in [1.165, 1.54) is 0 Å². The normalized spacial score (nSPS) is 20.6. The molecule has 0 aliphatic carbocycles. The largest absolute Gasteiger partial charge is 0.376 e. The summed E-state index contributed by atoms with van der Waals surface area (Å²) in [5, 5.41) is 5.77. The molecular formula is C15H19ClN2O3S. The minimum absolute atomic E-state index is 0.219. The Labute approximate surface area is 139 Å². The fraction of sp³-hybridized carbons (Fsp3) is 0.467. The van der Waals surface area contributed by atoms with Crippen molar-refractivity contribution in [1.82, 2.24) is 10.6 Å². The second-order valence-electron chi connectivity index (χ2n) is 5.15. The number of methoxy groups -OCH3 is 1. The fourth-order valence-corrected chi connectivity index (χ4v) is 3.78. The predicted molar refractivity (Wildman–Crippen MR) is 88.0 cm³/mol. The fourth-order valence-electron chi connectivity index (χ4n) is 2.18. The lowest BCUT2D eigenvalue weighted by molar-refractivity contribution is -0.140. The summed E-state index contributed by atoms with van der Waals surface area (Å²) >= 11 is 7.78. The van der Waals surface area contributed by atoms with Gasteiger partial charge in [-0.3, -0.25) is 9.59 Å². The number of thioether (sulfide) groups is 1. The number of ether oxygens (including phenoxy) is 1. The molecule has 22 heavy (non-hydrogen) atoms. The first-order valence-electron chi connectivity index (χ1n) is 6.99. The number of carbonyl (C=O) groups is 2. The number of carbonyl (C=O) groups excluding carboxylic acids is 2. The van der Waals surface area contributed by atoms with Crippen LogP contribution in [0, 0.1) is 0 Å². The van der Waals surface area contributed by atoms with E-state index < -0.39 is 11.8 Å². The quantitative estimate of drug-likeness (QED) is 0.797. The summed E-state index contributed by atoms with van der Waals surface area (Å²) in [7, 11) is 1.63. The van der Waals surface area contributed by atoms with Crippen LogP contribution in [0.3, 0.4) is 0 Å². The molecule has 120 valence electrons. The highest BCUT2D eigenvalue weighted by Crippen LogP contribution is 2.30. The molecule has 1 heterocycles. The molecule has 1 fully saturated rings. The molecule has 5 nitrogen and oxygen atoms in total. The zero-order chi connectivity index (χ0) is 16.0. The Morgan fingerprint density at radius 2 is 2.05 bits per heavy atom. The van der Waals surface area contributed by atoms with Crippen LogP contribution in [0.4, 0.5) is 0 Å². The third-order valence-corrected chi connectivity index (χ3v) is 5.27. The average molecular weight is 343 g/mol. The molecule has 2 rings (SSSR count). The Balaban J connectivity index is 1.80. The Morgan fingerprint density at radius 1 is 1.32 bits per heavy atom. The van der Waals surface area contributed by atoms with Crippen LogP contribution in [0.1, 0.15) is 12.0 Å². The van der Waals surface area contributed by atoms with Gasteiger partial charge in [0.05, 0.1) is 5.60 Å². The van der Waals surface area contributed by atoms with Crippen LogP contribution in [0.15, 0.2) is 24.3 Å². The van der Waals surface area contributed by atoms with Crippen LogP contribution in [-0.2, 0) is 20.9 Å². The maximum atomic E-state index is 11.8. The summed E-state index contributed by atoms with van der Waals surface area (Å²) in [5.41, 5.74) is 0.412. The summed E-state index contributed by atoms with van der Waals surface area (Å²) in [6, 6.07) is 7.18. The van der Waals surface area contributed by atoms with Crippen molar-refractivity contribution in [3.05, 3.63) is 34.9 Å². The highest BCUT2D eigenvalue weighted by molar-refractivity contribution is 7.99. The van der Waals surface area contributed by atoms with E-state index in [1.807, 2.05) is 12.1 Å². The number of nitrogens with one attached hydrogen (secondary N) is 2. The standard InChI is InChI=1S/C15H19ClN2O3S/c1-21-15(6-7-22-10-15)9-18-14(20)13(19)17-8-11-4-2-3-5-12(11)16/h2-5H,6-10H2,1H3,(H,17,19)(H,18,20). The Kier molecular flexibility index (Phi) is 6.11. The third-order valence-electron chi connectivity index (χ3n) is 3.67. The third kappa shape index (κ3) is 4.38. The number of rotatable bonds is 5. The van der Waals surface area contributed by atoms with E-state index in [0.717, 1.165) is 23.5 Å². The van der Waals surface area contributed by atoms with Crippen LogP contribution in [0.5, 0.6) is 0 Å². The van der Waals surface area contributed by atoms with Gasteiger partial charge in [-0.1, -0.05) is 29.8 Å². The van der Waals surface area contributed by atoms with E-state index in [9.17, 15) is 9.59 Å². The van der Waals surface area contributed by atoms with Gasteiger partial charge in [-0.15, -0.1) is 0 Å². The van der Waals surface area contributed by atoms with Gasteiger partial charge in [0.1, 0.15) is 0 Å². The Bertz CT molecular complexity index is 547. The summed E-state index contributed by atoms with van der Waals surface area (Å²) in [5.74, 6) is 0.505. The van der Waals surface area contributed by atoms with Gasteiger partial charge in [0, 0.05) is 31.0 Å². The predicted octanol–water partition coefficient (Wildman–Crippen LogP) is 1.59. The molecule has 0 saturated carbocycles. The molecule has 1 unspecified atom stereocenters. The van der Waals surface area contributed by atoms with Crippen molar-refractivity contribution in [3.63, 3.8) is 0 Å². The van der Waals surface area contributed by atoms with Crippen molar-refractivity contribution in [2.75, 3.05) is 25.2 Å². The zero-order valence-corrected chi connectivity index (χ0v) is 13.9. The lowest BCUT2D eigenvalue weighted by Crippen LogP contribution is -2.48. The Morgan fingerprint density at radius 3 is 2.68 bits per heavy atom. The molecule has 1 aliphatic rings. The lowest BCUT2D eigenvalue weighted by atomic mass is 10.0. The van der Waals surface area contributed by atoms with Crippen LogP contribution < -0.4 is 10.6 Å². The van der Waals surface area contributed by atoms with E-state index in [2.05, 4.69) is 10.6 Å². The van der Waals surface area contributed by atoms with Gasteiger partial charge in [-0.25, -0.2) is 0 Å². The molecular weight excluding hydrogens is 324 g/mol. The smallest absolute Gasteiger partial charge is 0.309 e. The van der Waals surface area contributed by atoms with Crippen molar-refractivity contribution < 1.29 is 14.3 Å². The van der Waals surface area contributed by atoms with Crippen molar-refractivity contribution in [2.24, 2.45) is 0 Å². The van der Waals surface area contributed by atoms with Gasteiger partial charge < -0.3 is 15.4 Å².